The molecule has 1 fully saturated rings. The van der Waals surface area contributed by atoms with E-state index in [0.717, 1.165) is 18.2 Å². The first kappa shape index (κ1) is 15.2. The molecule has 1 saturated heterocycles. The minimum absolute atomic E-state index is 0.0197. The SMILES string of the molecule is O=C(O)c1ccc(F)cc1NC(=O)N1CCS(=O)(=O)CC1. The first-order valence-corrected chi connectivity index (χ1v) is 7.90. The molecular weight excluding hydrogens is 303 g/mol. The van der Waals surface area contributed by atoms with Gasteiger partial charge in [0.05, 0.1) is 22.8 Å². The third kappa shape index (κ3) is 3.69. The van der Waals surface area contributed by atoms with Crippen LogP contribution in [0, 0.1) is 5.82 Å². The van der Waals surface area contributed by atoms with E-state index in [0.29, 0.717) is 0 Å². The van der Waals surface area contributed by atoms with Gasteiger partial charge in [-0.1, -0.05) is 0 Å². The number of benzene rings is 1. The molecule has 2 amide bonds. The molecule has 1 aliphatic heterocycles. The van der Waals surface area contributed by atoms with Crippen LogP contribution in [0.3, 0.4) is 0 Å². The molecule has 9 heteroatoms. The number of hydrogen-bond acceptors (Lipinski definition) is 4. The smallest absolute Gasteiger partial charge is 0.337 e. The van der Waals surface area contributed by atoms with Crippen LogP contribution < -0.4 is 5.32 Å². The summed E-state index contributed by atoms with van der Waals surface area (Å²) in [6, 6.07) is 2.28. The van der Waals surface area contributed by atoms with Gasteiger partial charge in [-0.15, -0.1) is 0 Å². The van der Waals surface area contributed by atoms with Crippen LogP contribution in [0.5, 0.6) is 0 Å². The number of hydrogen-bond donors (Lipinski definition) is 2. The van der Waals surface area contributed by atoms with Crippen molar-refractivity contribution < 1.29 is 27.5 Å². The molecule has 0 bridgehead atoms. The highest BCUT2D eigenvalue weighted by atomic mass is 32.2. The summed E-state index contributed by atoms with van der Waals surface area (Å²) in [4.78, 5) is 24.2. The van der Waals surface area contributed by atoms with Gasteiger partial charge in [0.2, 0.25) is 0 Å². The Labute approximate surface area is 120 Å². The van der Waals surface area contributed by atoms with Crippen LogP contribution in [0.25, 0.3) is 0 Å². The number of carbonyl (C=O) groups excluding carboxylic acids is 1. The van der Waals surface area contributed by atoms with Crippen molar-refractivity contribution in [1.82, 2.24) is 4.90 Å². The van der Waals surface area contributed by atoms with Gasteiger partial charge in [-0.25, -0.2) is 22.4 Å². The van der Waals surface area contributed by atoms with Crippen molar-refractivity contribution in [3.05, 3.63) is 29.6 Å². The Morgan fingerprint density at radius 1 is 1.24 bits per heavy atom. The minimum Gasteiger partial charge on any atom is -0.478 e. The topological polar surface area (TPSA) is 104 Å². The van der Waals surface area contributed by atoms with Crippen molar-refractivity contribution in [3.63, 3.8) is 0 Å². The maximum atomic E-state index is 13.2. The van der Waals surface area contributed by atoms with Crippen molar-refractivity contribution in [2.24, 2.45) is 0 Å². The van der Waals surface area contributed by atoms with Crippen LogP contribution in [0.1, 0.15) is 10.4 Å². The molecule has 0 saturated carbocycles. The summed E-state index contributed by atoms with van der Waals surface area (Å²) >= 11 is 0. The Morgan fingerprint density at radius 2 is 1.86 bits per heavy atom. The van der Waals surface area contributed by atoms with Crippen molar-refractivity contribution in [2.45, 2.75) is 0 Å². The Bertz CT molecular complexity index is 675. The summed E-state index contributed by atoms with van der Waals surface area (Å²) in [6.07, 6.45) is 0. The van der Waals surface area contributed by atoms with Gasteiger partial charge in [0.1, 0.15) is 5.82 Å². The summed E-state index contributed by atoms with van der Waals surface area (Å²) in [5, 5.41) is 11.3. The van der Waals surface area contributed by atoms with E-state index < -0.39 is 27.7 Å². The monoisotopic (exact) mass is 316 g/mol. The number of amides is 2. The summed E-state index contributed by atoms with van der Waals surface area (Å²) in [5.41, 5.74) is -0.407. The van der Waals surface area contributed by atoms with Gasteiger partial charge in [-0.2, -0.15) is 0 Å². The average molecular weight is 316 g/mol. The van der Waals surface area contributed by atoms with E-state index in [1.165, 1.54) is 4.90 Å². The van der Waals surface area contributed by atoms with Crippen molar-refractivity contribution in [2.75, 3.05) is 29.9 Å². The van der Waals surface area contributed by atoms with E-state index in [-0.39, 0.29) is 35.8 Å². The number of rotatable bonds is 2. The summed E-state index contributed by atoms with van der Waals surface area (Å²) < 4.78 is 35.7. The van der Waals surface area contributed by atoms with Crippen LogP contribution in [-0.2, 0) is 9.84 Å². The zero-order valence-corrected chi connectivity index (χ0v) is 11.7. The fourth-order valence-electron chi connectivity index (χ4n) is 1.92. The molecule has 1 aromatic rings. The number of anilines is 1. The van der Waals surface area contributed by atoms with E-state index in [9.17, 15) is 22.4 Å². The van der Waals surface area contributed by atoms with Gasteiger partial charge < -0.3 is 15.3 Å². The van der Waals surface area contributed by atoms with Crippen molar-refractivity contribution >= 4 is 27.5 Å². The number of aromatic carboxylic acids is 1. The molecular formula is C12H13FN2O5S. The van der Waals surface area contributed by atoms with Crippen LogP contribution in [0.2, 0.25) is 0 Å². The number of halogens is 1. The van der Waals surface area contributed by atoms with E-state index in [1.54, 1.807) is 0 Å². The number of sulfone groups is 1. The normalized spacial score (nSPS) is 17.3. The third-order valence-electron chi connectivity index (χ3n) is 3.09. The second kappa shape index (κ2) is 5.68. The highest BCUT2D eigenvalue weighted by Crippen LogP contribution is 2.18. The van der Waals surface area contributed by atoms with E-state index in [4.69, 9.17) is 5.11 Å². The van der Waals surface area contributed by atoms with Gasteiger partial charge in [0, 0.05) is 13.1 Å². The summed E-state index contributed by atoms with van der Waals surface area (Å²) in [7, 11) is -3.13. The van der Waals surface area contributed by atoms with E-state index >= 15 is 0 Å². The van der Waals surface area contributed by atoms with Crippen LogP contribution >= 0.6 is 0 Å². The van der Waals surface area contributed by atoms with Gasteiger partial charge in [0.15, 0.2) is 9.84 Å². The summed E-state index contributed by atoms with van der Waals surface area (Å²) in [6.45, 7) is 0.0395. The number of urea groups is 1. The molecule has 0 atom stereocenters. The van der Waals surface area contributed by atoms with Crippen LogP contribution in [0.4, 0.5) is 14.9 Å². The molecule has 0 unspecified atom stereocenters. The Balaban J connectivity index is 2.13. The quantitative estimate of drug-likeness (QED) is 0.839. The van der Waals surface area contributed by atoms with Gasteiger partial charge in [0.25, 0.3) is 0 Å². The standard InChI is InChI=1S/C12H13FN2O5S/c13-8-1-2-9(11(16)17)10(7-8)14-12(18)15-3-5-21(19,20)6-4-15/h1-2,7H,3-6H2,(H,14,18)(H,16,17). The third-order valence-corrected chi connectivity index (χ3v) is 4.69. The number of nitrogens with zero attached hydrogens (tertiary/aromatic N) is 1. The predicted molar refractivity (Wildman–Crippen MR) is 72.6 cm³/mol. The van der Waals surface area contributed by atoms with Gasteiger partial charge in [-0.05, 0) is 18.2 Å². The number of carboxylic acids is 1. The summed E-state index contributed by atoms with van der Waals surface area (Å²) in [5.74, 6) is -2.27. The molecule has 2 rings (SSSR count). The second-order valence-electron chi connectivity index (χ2n) is 4.56. The van der Waals surface area contributed by atoms with E-state index in [1.807, 2.05) is 0 Å². The predicted octanol–water partition coefficient (Wildman–Crippen LogP) is 0.786. The number of carbonyl (C=O) groups is 2. The highest BCUT2D eigenvalue weighted by molar-refractivity contribution is 7.91. The Kier molecular flexibility index (Phi) is 4.12. The minimum atomic E-state index is -3.13. The molecule has 1 aromatic carbocycles. The molecule has 2 N–H and O–H groups in total. The molecule has 114 valence electrons. The number of carboxylic acid groups (broad SMARTS) is 1. The van der Waals surface area contributed by atoms with Crippen molar-refractivity contribution in [3.8, 4) is 0 Å². The average Bonchev–Trinajstić information content (AvgIpc) is 2.38. The Hall–Kier alpha value is -2.16. The lowest BCUT2D eigenvalue weighted by Gasteiger charge is -2.27. The first-order valence-electron chi connectivity index (χ1n) is 6.08. The lowest BCUT2D eigenvalue weighted by atomic mass is 10.2. The lowest BCUT2D eigenvalue weighted by molar-refractivity contribution is 0.0698. The Morgan fingerprint density at radius 3 is 2.43 bits per heavy atom. The molecule has 0 aliphatic carbocycles. The fourth-order valence-corrected chi connectivity index (χ4v) is 3.12. The molecule has 21 heavy (non-hydrogen) atoms. The zero-order chi connectivity index (χ0) is 15.6. The maximum Gasteiger partial charge on any atom is 0.337 e. The zero-order valence-electron chi connectivity index (χ0n) is 10.9. The number of nitrogens with one attached hydrogen (secondary N) is 1. The molecule has 0 radical (unpaired) electrons. The molecule has 0 spiro atoms. The molecule has 1 heterocycles. The van der Waals surface area contributed by atoms with Crippen LogP contribution in [0.15, 0.2) is 18.2 Å². The second-order valence-corrected chi connectivity index (χ2v) is 6.87. The highest BCUT2D eigenvalue weighted by Gasteiger charge is 2.25. The van der Waals surface area contributed by atoms with Gasteiger partial charge in [-0.3, -0.25) is 0 Å². The molecule has 1 aliphatic rings. The maximum absolute atomic E-state index is 13.2. The van der Waals surface area contributed by atoms with Crippen molar-refractivity contribution in [1.29, 1.82) is 0 Å². The lowest BCUT2D eigenvalue weighted by Crippen LogP contribution is -2.45. The van der Waals surface area contributed by atoms with E-state index in [2.05, 4.69) is 5.32 Å². The largest absolute Gasteiger partial charge is 0.478 e. The van der Waals surface area contributed by atoms with Gasteiger partial charge >= 0.3 is 12.0 Å². The fraction of sp³-hybridized carbons (Fsp3) is 0.333. The molecule has 7 nitrogen and oxygen atoms in total. The molecule has 0 aromatic heterocycles. The van der Waals surface area contributed by atoms with Crippen LogP contribution in [-0.4, -0.2) is 55.0 Å². The first-order chi connectivity index (χ1) is 9.78.